The topological polar surface area (TPSA) is 67.2 Å². The van der Waals surface area contributed by atoms with Gasteiger partial charge < -0.3 is 10.6 Å². The van der Waals surface area contributed by atoms with Gasteiger partial charge in [-0.25, -0.2) is 0 Å². The summed E-state index contributed by atoms with van der Waals surface area (Å²) in [6.45, 7) is 4.10. The fraction of sp³-hybridized carbons (Fsp3) is 0.0952. The molecular weight excluding hydrogens is 358 g/mol. The van der Waals surface area contributed by atoms with E-state index in [1.54, 1.807) is 18.2 Å². The third-order valence-corrected chi connectivity index (χ3v) is 4.61. The minimum absolute atomic E-state index is 0.0883. The van der Waals surface area contributed by atoms with Crippen LogP contribution in [0.25, 0.3) is 11.1 Å². The van der Waals surface area contributed by atoms with Gasteiger partial charge in [-0.15, -0.1) is 0 Å². The van der Waals surface area contributed by atoms with Gasteiger partial charge in [-0.2, -0.15) is 0 Å². The van der Waals surface area contributed by atoms with Crippen molar-refractivity contribution in [2.45, 2.75) is 13.8 Å². The Hall–Kier alpha value is -3.25. The van der Waals surface area contributed by atoms with Gasteiger partial charge in [0.1, 0.15) is 0 Å². The average molecular weight is 377 g/mol. The SMILES string of the molecule is Cc1cccc(NC(=S)Nc2ccc(-c3ccccc3[N+](=O)[O-])cc2)c1C. The standard InChI is InChI=1S/C21H19N3O2S/c1-14-6-5-8-19(15(14)2)23-21(27)22-17-12-10-16(11-13-17)18-7-3-4-9-20(18)24(25)26/h3-13H,1-2H3,(H2,22,23,27). The highest BCUT2D eigenvalue weighted by Gasteiger charge is 2.13. The first-order chi connectivity index (χ1) is 13.0. The molecule has 0 saturated carbocycles. The second-order valence-electron chi connectivity index (χ2n) is 6.18. The number of nitro benzene ring substituents is 1. The summed E-state index contributed by atoms with van der Waals surface area (Å²) in [5.74, 6) is 0. The number of anilines is 2. The second kappa shape index (κ2) is 7.97. The largest absolute Gasteiger partial charge is 0.332 e. The van der Waals surface area contributed by atoms with Crippen LogP contribution in [0, 0.1) is 24.0 Å². The maximum absolute atomic E-state index is 11.2. The van der Waals surface area contributed by atoms with Crippen LogP contribution < -0.4 is 10.6 Å². The van der Waals surface area contributed by atoms with Gasteiger partial charge in [-0.1, -0.05) is 36.4 Å². The number of para-hydroxylation sites is 1. The summed E-state index contributed by atoms with van der Waals surface area (Å²) in [7, 11) is 0. The zero-order valence-corrected chi connectivity index (χ0v) is 15.8. The van der Waals surface area contributed by atoms with Crippen molar-refractivity contribution >= 4 is 34.4 Å². The van der Waals surface area contributed by atoms with Gasteiger partial charge >= 0.3 is 0 Å². The predicted molar refractivity (Wildman–Crippen MR) is 114 cm³/mol. The predicted octanol–water partition coefficient (Wildman–Crippen LogP) is 5.69. The van der Waals surface area contributed by atoms with Crippen molar-refractivity contribution in [1.29, 1.82) is 0 Å². The molecule has 0 bridgehead atoms. The van der Waals surface area contributed by atoms with Crippen molar-refractivity contribution in [3.63, 3.8) is 0 Å². The molecule has 3 aromatic carbocycles. The molecule has 0 fully saturated rings. The molecule has 0 spiro atoms. The molecule has 3 aromatic rings. The van der Waals surface area contributed by atoms with Crippen LogP contribution in [0.15, 0.2) is 66.7 Å². The first-order valence-electron chi connectivity index (χ1n) is 8.44. The highest BCUT2D eigenvalue weighted by Crippen LogP contribution is 2.30. The summed E-state index contributed by atoms with van der Waals surface area (Å²) in [5, 5.41) is 18.0. The Labute approximate surface area is 163 Å². The Kier molecular flexibility index (Phi) is 5.47. The Bertz CT molecular complexity index is 1000. The highest BCUT2D eigenvalue weighted by atomic mass is 32.1. The van der Waals surface area contributed by atoms with Gasteiger partial charge in [-0.05, 0) is 67.0 Å². The first-order valence-corrected chi connectivity index (χ1v) is 8.84. The number of nitro groups is 1. The van der Waals surface area contributed by atoms with Crippen LogP contribution in [0.4, 0.5) is 17.1 Å². The van der Waals surface area contributed by atoms with Gasteiger partial charge in [-0.3, -0.25) is 10.1 Å². The van der Waals surface area contributed by atoms with Crippen molar-refractivity contribution in [2.75, 3.05) is 10.6 Å². The van der Waals surface area contributed by atoms with Gasteiger partial charge in [0.25, 0.3) is 5.69 Å². The quantitative estimate of drug-likeness (QED) is 0.347. The molecule has 6 heteroatoms. The normalized spacial score (nSPS) is 10.3. The zero-order chi connectivity index (χ0) is 19.4. The molecule has 0 saturated heterocycles. The smallest absolute Gasteiger partial charge is 0.277 e. The average Bonchev–Trinajstić information content (AvgIpc) is 2.66. The van der Waals surface area contributed by atoms with E-state index >= 15 is 0 Å². The lowest BCUT2D eigenvalue weighted by Crippen LogP contribution is -2.19. The number of nitrogens with zero attached hydrogens (tertiary/aromatic N) is 1. The molecule has 0 radical (unpaired) electrons. The molecule has 3 rings (SSSR count). The van der Waals surface area contributed by atoms with Crippen molar-refractivity contribution in [3.05, 3.63) is 88.0 Å². The summed E-state index contributed by atoms with van der Waals surface area (Å²) in [6, 6.07) is 20.1. The Morgan fingerprint density at radius 2 is 1.63 bits per heavy atom. The van der Waals surface area contributed by atoms with Gasteiger partial charge in [0.05, 0.1) is 10.5 Å². The van der Waals surface area contributed by atoms with Crippen molar-refractivity contribution in [1.82, 2.24) is 0 Å². The summed E-state index contributed by atoms with van der Waals surface area (Å²) in [4.78, 5) is 10.8. The van der Waals surface area contributed by atoms with Crippen molar-refractivity contribution in [2.24, 2.45) is 0 Å². The summed E-state index contributed by atoms with van der Waals surface area (Å²) < 4.78 is 0. The van der Waals surface area contributed by atoms with Crippen LogP contribution in [0.5, 0.6) is 0 Å². The molecule has 136 valence electrons. The van der Waals surface area contributed by atoms with E-state index in [1.165, 1.54) is 11.6 Å². The number of thiocarbonyl (C=S) groups is 1. The molecule has 0 aliphatic rings. The Morgan fingerprint density at radius 3 is 2.33 bits per heavy atom. The van der Waals surface area contributed by atoms with Crippen molar-refractivity contribution < 1.29 is 4.92 Å². The molecule has 0 amide bonds. The maximum atomic E-state index is 11.2. The number of rotatable bonds is 4. The third-order valence-electron chi connectivity index (χ3n) is 4.41. The van der Waals surface area contributed by atoms with E-state index in [0.29, 0.717) is 10.7 Å². The molecule has 0 unspecified atom stereocenters. The zero-order valence-electron chi connectivity index (χ0n) is 15.0. The summed E-state index contributed by atoms with van der Waals surface area (Å²) >= 11 is 5.39. The number of benzene rings is 3. The summed E-state index contributed by atoms with van der Waals surface area (Å²) in [5.41, 5.74) is 5.56. The van der Waals surface area contributed by atoms with Crippen molar-refractivity contribution in [3.8, 4) is 11.1 Å². The number of aryl methyl sites for hydroxylation is 1. The number of hydrogen-bond donors (Lipinski definition) is 2. The molecule has 27 heavy (non-hydrogen) atoms. The number of hydrogen-bond acceptors (Lipinski definition) is 3. The molecular formula is C21H19N3O2S. The lowest BCUT2D eigenvalue weighted by atomic mass is 10.0. The fourth-order valence-corrected chi connectivity index (χ4v) is 3.01. The third kappa shape index (κ3) is 4.30. The fourth-order valence-electron chi connectivity index (χ4n) is 2.78. The summed E-state index contributed by atoms with van der Waals surface area (Å²) in [6.07, 6.45) is 0. The van der Waals surface area contributed by atoms with Crippen LogP contribution in [0.1, 0.15) is 11.1 Å². The molecule has 5 nitrogen and oxygen atoms in total. The molecule has 0 atom stereocenters. The lowest BCUT2D eigenvalue weighted by molar-refractivity contribution is -0.384. The Morgan fingerprint density at radius 1 is 0.926 bits per heavy atom. The van der Waals surface area contributed by atoms with Gasteiger partial charge in [0.2, 0.25) is 0 Å². The maximum Gasteiger partial charge on any atom is 0.277 e. The molecule has 0 aliphatic carbocycles. The second-order valence-corrected chi connectivity index (χ2v) is 6.59. The molecule has 0 aliphatic heterocycles. The van der Waals surface area contributed by atoms with E-state index in [9.17, 15) is 10.1 Å². The van der Waals surface area contributed by atoms with Crippen LogP contribution in [0.3, 0.4) is 0 Å². The van der Waals surface area contributed by atoms with Gasteiger partial charge in [0, 0.05) is 17.4 Å². The van der Waals surface area contributed by atoms with Crippen LogP contribution >= 0.6 is 12.2 Å². The van der Waals surface area contributed by atoms with E-state index in [2.05, 4.69) is 23.6 Å². The highest BCUT2D eigenvalue weighted by molar-refractivity contribution is 7.80. The molecule has 2 N–H and O–H groups in total. The Balaban J connectivity index is 1.74. The minimum Gasteiger partial charge on any atom is -0.332 e. The van der Waals surface area contributed by atoms with E-state index in [-0.39, 0.29) is 10.6 Å². The number of nitrogens with one attached hydrogen (secondary N) is 2. The molecule has 0 aromatic heterocycles. The monoisotopic (exact) mass is 377 g/mol. The van der Waals surface area contributed by atoms with E-state index < -0.39 is 0 Å². The van der Waals surface area contributed by atoms with Crippen LogP contribution in [-0.2, 0) is 0 Å². The van der Waals surface area contributed by atoms with E-state index in [4.69, 9.17) is 12.2 Å². The van der Waals surface area contributed by atoms with E-state index in [0.717, 1.165) is 22.5 Å². The molecule has 0 heterocycles. The van der Waals surface area contributed by atoms with Gasteiger partial charge in [0.15, 0.2) is 5.11 Å². The minimum atomic E-state index is -0.370. The van der Waals surface area contributed by atoms with E-state index in [1.807, 2.05) is 43.3 Å². The van der Waals surface area contributed by atoms with Crippen LogP contribution in [0.2, 0.25) is 0 Å². The lowest BCUT2D eigenvalue weighted by Gasteiger charge is -2.14. The van der Waals surface area contributed by atoms with Crippen LogP contribution in [-0.4, -0.2) is 10.0 Å². The first kappa shape index (κ1) is 18.5.